The predicted molar refractivity (Wildman–Crippen MR) is 59.0 cm³/mol. The minimum Gasteiger partial charge on any atom is -0.323 e. The van der Waals surface area contributed by atoms with E-state index in [1.807, 2.05) is 18.5 Å². The molecule has 0 aliphatic rings. The van der Waals surface area contributed by atoms with E-state index in [0.29, 0.717) is 5.92 Å². The van der Waals surface area contributed by atoms with Crippen LogP contribution < -0.4 is 5.73 Å². The topological polar surface area (TPSA) is 43.8 Å². The Kier molecular flexibility index (Phi) is 3.69. The number of aromatic nitrogens is 2. The van der Waals surface area contributed by atoms with Crippen molar-refractivity contribution in [1.82, 2.24) is 9.78 Å². The molecule has 1 rings (SSSR count). The van der Waals surface area contributed by atoms with Gasteiger partial charge in [0.2, 0.25) is 0 Å². The lowest BCUT2D eigenvalue weighted by atomic mass is 10.1. The van der Waals surface area contributed by atoms with E-state index in [0.717, 1.165) is 24.4 Å². The number of nitrogens with zero attached hydrogens (tertiary/aromatic N) is 2. The summed E-state index contributed by atoms with van der Waals surface area (Å²) in [6.45, 7) is 9.44. The van der Waals surface area contributed by atoms with E-state index in [9.17, 15) is 0 Å². The van der Waals surface area contributed by atoms with E-state index in [-0.39, 0.29) is 6.04 Å². The highest BCUT2D eigenvalue weighted by Crippen LogP contribution is 2.13. The van der Waals surface area contributed by atoms with Crippen molar-refractivity contribution in [2.75, 3.05) is 0 Å². The van der Waals surface area contributed by atoms with Gasteiger partial charge in [0.05, 0.1) is 11.4 Å². The van der Waals surface area contributed by atoms with Gasteiger partial charge >= 0.3 is 0 Å². The SMILES string of the molecule is Cc1cc([C@@H](C)N)n(CCC(C)C)n1. The maximum Gasteiger partial charge on any atom is 0.0597 e. The summed E-state index contributed by atoms with van der Waals surface area (Å²) in [5.41, 5.74) is 8.07. The first-order valence-corrected chi connectivity index (χ1v) is 5.30. The van der Waals surface area contributed by atoms with Crippen LogP contribution in [0.4, 0.5) is 0 Å². The Morgan fingerprint density at radius 3 is 2.57 bits per heavy atom. The third kappa shape index (κ3) is 2.84. The van der Waals surface area contributed by atoms with Crippen LogP contribution in [0.1, 0.15) is 44.6 Å². The van der Waals surface area contributed by atoms with Crippen molar-refractivity contribution in [2.24, 2.45) is 11.7 Å². The number of aryl methyl sites for hydroxylation is 2. The Balaban J connectivity index is 2.74. The third-order valence-corrected chi connectivity index (χ3v) is 2.32. The van der Waals surface area contributed by atoms with Crippen LogP contribution >= 0.6 is 0 Å². The highest BCUT2D eigenvalue weighted by atomic mass is 15.3. The molecule has 0 spiro atoms. The zero-order chi connectivity index (χ0) is 10.7. The highest BCUT2D eigenvalue weighted by Gasteiger charge is 2.09. The second kappa shape index (κ2) is 4.60. The fourth-order valence-electron chi connectivity index (χ4n) is 1.49. The number of hydrogen-bond donors (Lipinski definition) is 1. The van der Waals surface area contributed by atoms with Crippen molar-refractivity contribution in [3.8, 4) is 0 Å². The van der Waals surface area contributed by atoms with Crippen molar-refractivity contribution in [1.29, 1.82) is 0 Å². The Bertz CT molecular complexity index is 287. The van der Waals surface area contributed by atoms with E-state index in [1.54, 1.807) is 0 Å². The molecule has 3 heteroatoms. The summed E-state index contributed by atoms with van der Waals surface area (Å²) in [6.07, 6.45) is 1.15. The molecule has 0 aromatic carbocycles. The monoisotopic (exact) mass is 195 g/mol. The van der Waals surface area contributed by atoms with E-state index in [2.05, 4.69) is 25.0 Å². The molecule has 80 valence electrons. The molecule has 0 bridgehead atoms. The molecule has 14 heavy (non-hydrogen) atoms. The van der Waals surface area contributed by atoms with Crippen LogP contribution in [0.25, 0.3) is 0 Å². The second-order valence-electron chi connectivity index (χ2n) is 4.40. The standard InChI is InChI=1S/C11H21N3/c1-8(2)5-6-14-11(10(4)12)7-9(3)13-14/h7-8,10H,5-6,12H2,1-4H3/t10-/m1/s1. The number of nitrogens with two attached hydrogens (primary N) is 1. The molecule has 0 aliphatic carbocycles. The summed E-state index contributed by atoms with van der Waals surface area (Å²) in [5.74, 6) is 0.709. The van der Waals surface area contributed by atoms with Gasteiger partial charge in [-0.15, -0.1) is 0 Å². The molecule has 0 saturated heterocycles. The molecule has 0 fully saturated rings. The van der Waals surface area contributed by atoms with Gasteiger partial charge in [0.15, 0.2) is 0 Å². The summed E-state index contributed by atoms with van der Waals surface area (Å²) in [6, 6.07) is 2.15. The number of rotatable bonds is 4. The molecule has 0 amide bonds. The van der Waals surface area contributed by atoms with Crippen LogP contribution in [-0.2, 0) is 6.54 Å². The van der Waals surface area contributed by atoms with E-state index < -0.39 is 0 Å². The molecule has 0 radical (unpaired) electrons. The zero-order valence-corrected chi connectivity index (χ0v) is 9.62. The molecule has 1 atom stereocenters. The van der Waals surface area contributed by atoms with Gasteiger partial charge in [-0.2, -0.15) is 5.10 Å². The van der Waals surface area contributed by atoms with Crippen LogP contribution in [-0.4, -0.2) is 9.78 Å². The minimum absolute atomic E-state index is 0.0726. The lowest BCUT2D eigenvalue weighted by molar-refractivity contribution is 0.466. The molecule has 2 N–H and O–H groups in total. The molecule has 1 aromatic rings. The van der Waals surface area contributed by atoms with Gasteiger partial charge in [-0.25, -0.2) is 0 Å². The fourth-order valence-corrected chi connectivity index (χ4v) is 1.49. The molecule has 0 saturated carbocycles. The first-order valence-electron chi connectivity index (χ1n) is 5.30. The van der Waals surface area contributed by atoms with E-state index in [4.69, 9.17) is 5.73 Å². The van der Waals surface area contributed by atoms with Gasteiger partial charge < -0.3 is 5.73 Å². The third-order valence-electron chi connectivity index (χ3n) is 2.32. The summed E-state index contributed by atoms with van der Waals surface area (Å²) >= 11 is 0. The molecule has 0 unspecified atom stereocenters. The Hall–Kier alpha value is -0.830. The molecule has 0 aliphatic heterocycles. The molecular formula is C11H21N3. The Morgan fingerprint density at radius 1 is 1.43 bits per heavy atom. The molecule has 3 nitrogen and oxygen atoms in total. The van der Waals surface area contributed by atoms with Crippen LogP contribution in [0.5, 0.6) is 0 Å². The van der Waals surface area contributed by atoms with Crippen LogP contribution in [0.15, 0.2) is 6.07 Å². The lowest BCUT2D eigenvalue weighted by Crippen LogP contribution is -2.14. The summed E-state index contributed by atoms with van der Waals surface area (Å²) < 4.78 is 2.04. The van der Waals surface area contributed by atoms with Crippen molar-refractivity contribution in [2.45, 2.75) is 46.7 Å². The van der Waals surface area contributed by atoms with Gasteiger partial charge in [0, 0.05) is 12.6 Å². The normalized spacial score (nSPS) is 13.6. The molecule has 1 aromatic heterocycles. The summed E-state index contributed by atoms with van der Waals surface area (Å²) in [5, 5.41) is 4.44. The average Bonchev–Trinajstić information content (AvgIpc) is 2.43. The maximum atomic E-state index is 5.87. The van der Waals surface area contributed by atoms with Crippen molar-refractivity contribution in [3.05, 3.63) is 17.5 Å². The second-order valence-corrected chi connectivity index (χ2v) is 4.40. The zero-order valence-electron chi connectivity index (χ0n) is 9.62. The fraction of sp³-hybridized carbons (Fsp3) is 0.727. The smallest absolute Gasteiger partial charge is 0.0597 e. The Labute approximate surface area is 86.3 Å². The maximum absolute atomic E-state index is 5.87. The lowest BCUT2D eigenvalue weighted by Gasteiger charge is -2.11. The largest absolute Gasteiger partial charge is 0.323 e. The minimum atomic E-state index is 0.0726. The van der Waals surface area contributed by atoms with Crippen molar-refractivity contribution in [3.63, 3.8) is 0 Å². The van der Waals surface area contributed by atoms with Crippen LogP contribution in [0, 0.1) is 12.8 Å². The van der Waals surface area contributed by atoms with E-state index >= 15 is 0 Å². The van der Waals surface area contributed by atoms with Crippen LogP contribution in [0.2, 0.25) is 0 Å². The van der Waals surface area contributed by atoms with Crippen LogP contribution in [0.3, 0.4) is 0 Å². The van der Waals surface area contributed by atoms with Gasteiger partial charge in [-0.1, -0.05) is 13.8 Å². The Morgan fingerprint density at radius 2 is 2.07 bits per heavy atom. The van der Waals surface area contributed by atoms with Gasteiger partial charge in [0.1, 0.15) is 0 Å². The van der Waals surface area contributed by atoms with Gasteiger partial charge in [-0.3, -0.25) is 4.68 Å². The van der Waals surface area contributed by atoms with Crippen molar-refractivity contribution >= 4 is 0 Å². The predicted octanol–water partition coefficient (Wildman–Crippen LogP) is 2.26. The summed E-state index contributed by atoms with van der Waals surface area (Å²) in [7, 11) is 0. The quantitative estimate of drug-likeness (QED) is 0.801. The van der Waals surface area contributed by atoms with Crippen molar-refractivity contribution < 1.29 is 0 Å². The van der Waals surface area contributed by atoms with Gasteiger partial charge in [0.25, 0.3) is 0 Å². The first kappa shape index (κ1) is 11.2. The van der Waals surface area contributed by atoms with Gasteiger partial charge in [-0.05, 0) is 32.3 Å². The van der Waals surface area contributed by atoms with E-state index in [1.165, 1.54) is 0 Å². The molecular weight excluding hydrogens is 174 g/mol. The number of hydrogen-bond acceptors (Lipinski definition) is 2. The summed E-state index contributed by atoms with van der Waals surface area (Å²) in [4.78, 5) is 0. The average molecular weight is 195 g/mol. The molecule has 1 heterocycles. The highest BCUT2D eigenvalue weighted by molar-refractivity contribution is 5.11. The first-order chi connectivity index (χ1) is 6.50.